The van der Waals surface area contributed by atoms with E-state index < -0.39 is 23.5 Å². The minimum absolute atomic E-state index is 0.196. The highest BCUT2D eigenvalue weighted by molar-refractivity contribution is 7.20. The molecule has 0 aliphatic carbocycles. The fourth-order valence-corrected chi connectivity index (χ4v) is 4.22. The molecule has 1 N–H and O–H groups in total. The van der Waals surface area contributed by atoms with Gasteiger partial charge in [0.05, 0.1) is 38.2 Å². The summed E-state index contributed by atoms with van der Waals surface area (Å²) in [5.74, 6) is 0.280. The number of carbonyl (C=O) groups is 2. The molecule has 0 aliphatic heterocycles. The number of methoxy groups -OCH3 is 2. The third-order valence-corrected chi connectivity index (χ3v) is 6.25. The summed E-state index contributed by atoms with van der Waals surface area (Å²) < 4.78 is 17.1. The SMILES string of the molecule is COc1ccc(OC)c(NC(=O)C(C)n2cnc3sc(C(=O)OCC(C)C)c(C)c3c2=O)c1. The third kappa shape index (κ3) is 5.00. The number of anilines is 1. The van der Waals surface area contributed by atoms with Gasteiger partial charge in [0.1, 0.15) is 27.2 Å². The van der Waals surface area contributed by atoms with Gasteiger partial charge in [0.25, 0.3) is 5.56 Å². The largest absolute Gasteiger partial charge is 0.497 e. The molecule has 2 heterocycles. The van der Waals surface area contributed by atoms with E-state index in [-0.39, 0.29) is 12.5 Å². The maximum atomic E-state index is 13.2. The normalized spacial score (nSPS) is 12.0. The molecule has 2 aromatic heterocycles. The summed E-state index contributed by atoms with van der Waals surface area (Å²) in [7, 11) is 3.01. The van der Waals surface area contributed by atoms with Crippen LogP contribution in [0.5, 0.6) is 11.5 Å². The van der Waals surface area contributed by atoms with Crippen molar-refractivity contribution >= 4 is 39.1 Å². The molecule has 1 amide bonds. The molecule has 3 rings (SSSR count). The molecular formula is C23H27N3O6S. The second-order valence-electron chi connectivity index (χ2n) is 7.92. The molecule has 33 heavy (non-hydrogen) atoms. The number of benzene rings is 1. The molecule has 0 bridgehead atoms. The third-order valence-electron chi connectivity index (χ3n) is 5.07. The molecule has 0 radical (unpaired) electrons. The van der Waals surface area contributed by atoms with Gasteiger partial charge in [0.2, 0.25) is 5.91 Å². The first-order valence-corrected chi connectivity index (χ1v) is 11.2. The van der Waals surface area contributed by atoms with Crippen molar-refractivity contribution in [2.75, 3.05) is 26.1 Å². The summed E-state index contributed by atoms with van der Waals surface area (Å²) in [5.41, 5.74) is 0.507. The topological polar surface area (TPSA) is 109 Å². The summed E-state index contributed by atoms with van der Waals surface area (Å²) in [4.78, 5) is 43.7. The van der Waals surface area contributed by atoms with Crippen LogP contribution in [0.2, 0.25) is 0 Å². The number of aryl methyl sites for hydroxylation is 1. The van der Waals surface area contributed by atoms with Crippen molar-refractivity contribution in [3.8, 4) is 11.5 Å². The van der Waals surface area contributed by atoms with E-state index in [0.29, 0.717) is 37.8 Å². The first kappa shape index (κ1) is 24.2. The van der Waals surface area contributed by atoms with E-state index in [9.17, 15) is 14.4 Å². The number of fused-ring (bicyclic) bond motifs is 1. The van der Waals surface area contributed by atoms with E-state index in [0.717, 1.165) is 11.3 Å². The van der Waals surface area contributed by atoms with Gasteiger partial charge in [-0.25, -0.2) is 9.78 Å². The molecule has 0 spiro atoms. The summed E-state index contributed by atoms with van der Waals surface area (Å²) in [5, 5.41) is 3.08. The molecule has 9 nitrogen and oxygen atoms in total. The molecule has 1 atom stereocenters. The number of hydrogen-bond acceptors (Lipinski definition) is 8. The summed E-state index contributed by atoms with van der Waals surface area (Å²) in [6.07, 6.45) is 1.32. The Kier molecular flexibility index (Phi) is 7.37. The number of nitrogens with one attached hydrogen (secondary N) is 1. The molecule has 10 heteroatoms. The molecule has 1 aromatic carbocycles. The number of esters is 1. The van der Waals surface area contributed by atoms with Crippen LogP contribution in [0.25, 0.3) is 10.2 Å². The zero-order valence-electron chi connectivity index (χ0n) is 19.4. The van der Waals surface area contributed by atoms with Crippen LogP contribution < -0.4 is 20.3 Å². The van der Waals surface area contributed by atoms with Crippen LogP contribution in [-0.2, 0) is 9.53 Å². The fraction of sp³-hybridized carbons (Fsp3) is 0.391. The molecule has 0 saturated carbocycles. The van der Waals surface area contributed by atoms with Gasteiger partial charge in [-0.2, -0.15) is 0 Å². The second-order valence-corrected chi connectivity index (χ2v) is 8.92. The van der Waals surface area contributed by atoms with Crippen LogP contribution in [0.3, 0.4) is 0 Å². The van der Waals surface area contributed by atoms with E-state index in [1.807, 2.05) is 13.8 Å². The number of ether oxygens (including phenoxy) is 3. The first-order valence-electron chi connectivity index (χ1n) is 10.4. The number of aromatic nitrogens is 2. The quantitative estimate of drug-likeness (QED) is 0.496. The standard InChI is InChI=1S/C23H27N3O6S/c1-12(2)10-32-23(29)19-13(3)18-21(33-19)24-11-26(22(18)28)14(4)20(27)25-16-9-15(30-5)7-8-17(16)31-6/h7-9,11-12,14H,10H2,1-6H3,(H,25,27). The number of amides is 1. The molecule has 0 aliphatic rings. The van der Waals surface area contributed by atoms with Gasteiger partial charge in [-0.15, -0.1) is 11.3 Å². The van der Waals surface area contributed by atoms with Gasteiger partial charge in [0.15, 0.2) is 0 Å². The van der Waals surface area contributed by atoms with Crippen molar-refractivity contribution in [2.45, 2.75) is 33.7 Å². The van der Waals surface area contributed by atoms with Gasteiger partial charge >= 0.3 is 5.97 Å². The Hall–Kier alpha value is -3.40. The predicted molar refractivity (Wildman–Crippen MR) is 127 cm³/mol. The minimum atomic E-state index is -0.874. The number of nitrogens with zero attached hydrogens (tertiary/aromatic N) is 2. The van der Waals surface area contributed by atoms with Crippen molar-refractivity contribution in [2.24, 2.45) is 5.92 Å². The van der Waals surface area contributed by atoms with Crippen LogP contribution in [0.4, 0.5) is 5.69 Å². The van der Waals surface area contributed by atoms with Crippen molar-refractivity contribution in [1.82, 2.24) is 9.55 Å². The average Bonchev–Trinajstić information content (AvgIpc) is 3.14. The molecule has 0 fully saturated rings. The summed E-state index contributed by atoms with van der Waals surface area (Å²) >= 11 is 1.11. The van der Waals surface area contributed by atoms with E-state index in [2.05, 4.69) is 10.3 Å². The van der Waals surface area contributed by atoms with Gasteiger partial charge in [0, 0.05) is 6.07 Å². The zero-order valence-corrected chi connectivity index (χ0v) is 20.2. The van der Waals surface area contributed by atoms with Crippen molar-refractivity contribution < 1.29 is 23.8 Å². The Labute approximate surface area is 195 Å². The average molecular weight is 474 g/mol. The van der Waals surface area contributed by atoms with Crippen LogP contribution in [0, 0.1) is 12.8 Å². The van der Waals surface area contributed by atoms with Gasteiger partial charge in [-0.05, 0) is 37.5 Å². The number of hydrogen-bond donors (Lipinski definition) is 1. The van der Waals surface area contributed by atoms with Crippen LogP contribution >= 0.6 is 11.3 Å². The Morgan fingerprint density at radius 3 is 2.55 bits per heavy atom. The lowest BCUT2D eigenvalue weighted by Gasteiger charge is -2.17. The summed E-state index contributed by atoms with van der Waals surface area (Å²) in [6, 6.07) is 4.14. The van der Waals surface area contributed by atoms with E-state index >= 15 is 0 Å². The molecule has 0 saturated heterocycles. The Bertz CT molecular complexity index is 1250. The zero-order chi connectivity index (χ0) is 24.3. The van der Waals surface area contributed by atoms with Gasteiger partial charge < -0.3 is 19.5 Å². The number of thiophene rings is 1. The minimum Gasteiger partial charge on any atom is -0.497 e. The molecule has 3 aromatic rings. The van der Waals surface area contributed by atoms with E-state index in [1.165, 1.54) is 25.1 Å². The predicted octanol–water partition coefficient (Wildman–Crippen LogP) is 3.80. The van der Waals surface area contributed by atoms with Gasteiger partial charge in [-0.1, -0.05) is 13.8 Å². The highest BCUT2D eigenvalue weighted by Gasteiger charge is 2.24. The Morgan fingerprint density at radius 1 is 1.18 bits per heavy atom. The van der Waals surface area contributed by atoms with Gasteiger partial charge in [-0.3, -0.25) is 14.2 Å². The highest BCUT2D eigenvalue weighted by atomic mass is 32.1. The smallest absolute Gasteiger partial charge is 0.348 e. The summed E-state index contributed by atoms with van der Waals surface area (Å²) in [6.45, 7) is 7.45. The maximum Gasteiger partial charge on any atom is 0.348 e. The molecular weight excluding hydrogens is 446 g/mol. The van der Waals surface area contributed by atoms with Crippen LogP contribution in [0.1, 0.15) is 42.0 Å². The van der Waals surface area contributed by atoms with Crippen molar-refractivity contribution in [3.63, 3.8) is 0 Å². The van der Waals surface area contributed by atoms with E-state index in [4.69, 9.17) is 14.2 Å². The fourth-order valence-electron chi connectivity index (χ4n) is 3.19. The lowest BCUT2D eigenvalue weighted by molar-refractivity contribution is -0.118. The second kappa shape index (κ2) is 10.0. The van der Waals surface area contributed by atoms with E-state index in [1.54, 1.807) is 32.0 Å². The van der Waals surface area contributed by atoms with Crippen LogP contribution in [0.15, 0.2) is 29.3 Å². The lowest BCUT2D eigenvalue weighted by atomic mass is 10.2. The number of carbonyl (C=O) groups excluding carboxylic acids is 2. The molecule has 1 unspecified atom stereocenters. The highest BCUT2D eigenvalue weighted by Crippen LogP contribution is 2.30. The first-order chi connectivity index (χ1) is 15.7. The van der Waals surface area contributed by atoms with Crippen LogP contribution in [-0.4, -0.2) is 42.3 Å². The monoisotopic (exact) mass is 473 g/mol. The van der Waals surface area contributed by atoms with Crippen molar-refractivity contribution in [1.29, 1.82) is 0 Å². The Balaban J connectivity index is 1.92. The number of rotatable bonds is 8. The lowest BCUT2D eigenvalue weighted by Crippen LogP contribution is -2.32. The Morgan fingerprint density at radius 2 is 1.91 bits per heavy atom. The maximum absolute atomic E-state index is 13.2. The van der Waals surface area contributed by atoms with Crippen molar-refractivity contribution in [3.05, 3.63) is 45.3 Å². The molecule has 176 valence electrons.